The van der Waals surface area contributed by atoms with Gasteiger partial charge in [-0.2, -0.15) is 9.61 Å². The van der Waals surface area contributed by atoms with Gasteiger partial charge in [0.05, 0.1) is 11.9 Å². The van der Waals surface area contributed by atoms with Crippen LogP contribution < -0.4 is 25.4 Å². The summed E-state index contributed by atoms with van der Waals surface area (Å²) < 4.78 is 38.6. The lowest BCUT2D eigenvalue weighted by molar-refractivity contribution is -0.116. The van der Waals surface area contributed by atoms with Gasteiger partial charge in [0, 0.05) is 43.2 Å². The van der Waals surface area contributed by atoms with Crippen LogP contribution >= 0.6 is 0 Å². The van der Waals surface area contributed by atoms with Crippen LogP contribution in [0.2, 0.25) is 0 Å². The van der Waals surface area contributed by atoms with E-state index in [2.05, 4.69) is 31.9 Å². The molecule has 0 unspecified atom stereocenters. The molecule has 1 amide bonds. The number of hydrogen-bond donors (Lipinski definition) is 3. The van der Waals surface area contributed by atoms with Crippen molar-refractivity contribution in [2.24, 2.45) is 5.92 Å². The van der Waals surface area contributed by atoms with Gasteiger partial charge in [-0.3, -0.25) is 9.00 Å². The number of rotatable bonds is 6. The molecule has 1 saturated heterocycles. The largest absolute Gasteiger partial charge is 0.486 e. The highest BCUT2D eigenvalue weighted by Crippen LogP contribution is 2.40. The van der Waals surface area contributed by atoms with Crippen LogP contribution in [0.5, 0.6) is 11.5 Å². The van der Waals surface area contributed by atoms with Crippen LogP contribution in [0.1, 0.15) is 6.42 Å². The molecule has 2 aromatic heterocycles. The topological polar surface area (TPSA) is 119 Å². The zero-order chi connectivity index (χ0) is 23.2. The molecule has 3 N–H and O–H groups in total. The second-order valence-corrected chi connectivity index (χ2v) is 10.7. The molecular formula is C21H23FN6O4S. The SMILES string of the molecule is C=S1(=O)CC(CC(=O)Nc2cnn3c(NC)cc(Nc4cc(F)cc5c4OCCO5)nc23)C1. The molecule has 0 bridgehead atoms. The van der Waals surface area contributed by atoms with Crippen molar-refractivity contribution in [2.75, 3.05) is 47.7 Å². The van der Waals surface area contributed by atoms with Crippen LogP contribution in [0, 0.1) is 11.7 Å². The van der Waals surface area contributed by atoms with E-state index in [1.807, 2.05) is 0 Å². The summed E-state index contributed by atoms with van der Waals surface area (Å²) in [6, 6.07) is 4.28. The number of aromatic nitrogens is 3. The molecule has 2 aliphatic heterocycles. The lowest BCUT2D eigenvalue weighted by Gasteiger charge is -2.29. The van der Waals surface area contributed by atoms with Gasteiger partial charge in [0.2, 0.25) is 5.91 Å². The molecule has 0 atom stereocenters. The third-order valence-corrected chi connectivity index (χ3v) is 7.58. The van der Waals surface area contributed by atoms with E-state index < -0.39 is 15.3 Å². The van der Waals surface area contributed by atoms with E-state index in [0.717, 1.165) is 0 Å². The Morgan fingerprint density at radius 3 is 2.82 bits per heavy atom. The molecule has 4 heterocycles. The van der Waals surface area contributed by atoms with Gasteiger partial charge in [0.15, 0.2) is 17.1 Å². The fourth-order valence-electron chi connectivity index (χ4n) is 4.04. The van der Waals surface area contributed by atoms with Crippen molar-refractivity contribution in [2.45, 2.75) is 6.42 Å². The zero-order valence-electron chi connectivity index (χ0n) is 17.9. The maximum atomic E-state index is 14.1. The summed E-state index contributed by atoms with van der Waals surface area (Å²) in [4.78, 5) is 17.1. The quantitative estimate of drug-likeness (QED) is 0.465. The molecule has 12 heteroatoms. The Kier molecular flexibility index (Phi) is 5.23. The number of halogens is 1. The number of anilines is 4. The molecular weight excluding hydrogens is 451 g/mol. The van der Waals surface area contributed by atoms with E-state index in [1.165, 1.54) is 18.3 Å². The maximum Gasteiger partial charge on any atom is 0.224 e. The highest BCUT2D eigenvalue weighted by Gasteiger charge is 2.30. The van der Waals surface area contributed by atoms with Crippen molar-refractivity contribution in [3.05, 3.63) is 30.2 Å². The van der Waals surface area contributed by atoms with Gasteiger partial charge in [-0.25, -0.2) is 9.37 Å². The highest BCUT2D eigenvalue weighted by molar-refractivity contribution is 8.01. The minimum atomic E-state index is -2.00. The van der Waals surface area contributed by atoms with Crippen LogP contribution in [0.25, 0.3) is 5.65 Å². The van der Waals surface area contributed by atoms with Gasteiger partial charge in [0.1, 0.15) is 36.4 Å². The minimum Gasteiger partial charge on any atom is -0.486 e. The third-order valence-electron chi connectivity index (χ3n) is 5.42. The molecule has 0 spiro atoms. The molecule has 3 aromatic rings. The Hall–Kier alpha value is -3.54. The molecule has 0 radical (unpaired) electrons. The fourth-order valence-corrected chi connectivity index (χ4v) is 5.89. The predicted molar refractivity (Wildman–Crippen MR) is 125 cm³/mol. The van der Waals surface area contributed by atoms with Gasteiger partial charge in [0.25, 0.3) is 0 Å². The number of fused-ring (bicyclic) bond motifs is 2. The Labute approximate surface area is 189 Å². The summed E-state index contributed by atoms with van der Waals surface area (Å²) in [5.41, 5.74) is 1.20. The predicted octanol–water partition coefficient (Wildman–Crippen LogP) is 2.10. The number of benzene rings is 1. The molecule has 0 aliphatic carbocycles. The first kappa shape index (κ1) is 21.3. The van der Waals surface area contributed by atoms with Crippen LogP contribution in [0.4, 0.5) is 27.4 Å². The number of amides is 1. The lowest BCUT2D eigenvalue weighted by atomic mass is 10.1. The molecule has 1 aromatic carbocycles. The van der Waals surface area contributed by atoms with Crippen LogP contribution in [-0.2, 0) is 14.3 Å². The second-order valence-electron chi connectivity index (χ2n) is 8.09. The highest BCUT2D eigenvalue weighted by atomic mass is 32.2. The first-order valence-corrected chi connectivity index (χ1v) is 12.4. The van der Waals surface area contributed by atoms with Crippen molar-refractivity contribution in [3.63, 3.8) is 0 Å². The first-order valence-electron chi connectivity index (χ1n) is 10.4. The summed E-state index contributed by atoms with van der Waals surface area (Å²) in [5, 5.41) is 13.3. The van der Waals surface area contributed by atoms with Crippen molar-refractivity contribution in [1.29, 1.82) is 0 Å². The molecule has 174 valence electrons. The molecule has 5 rings (SSSR count). The monoisotopic (exact) mass is 474 g/mol. The van der Waals surface area contributed by atoms with Crippen molar-refractivity contribution in [3.8, 4) is 11.5 Å². The van der Waals surface area contributed by atoms with Crippen LogP contribution in [0.15, 0.2) is 24.4 Å². The number of carbonyl (C=O) groups excluding carboxylic acids is 1. The molecule has 10 nitrogen and oxygen atoms in total. The number of carbonyl (C=O) groups is 1. The lowest BCUT2D eigenvalue weighted by Crippen LogP contribution is -2.38. The third kappa shape index (κ3) is 4.25. The standard InChI is InChI=1S/C21H23FN6O4S/c1-23-18-8-17(25-14-6-13(22)7-16-20(14)32-4-3-31-16)27-21-15(9-24-28(18)21)26-19(29)5-12-10-33(2,30)11-12/h6-9,12,23H,2-5,10-11H2,1H3,(H,25,27)(H,26,29). The van der Waals surface area contributed by atoms with E-state index in [4.69, 9.17) is 9.47 Å². The number of hydrogen-bond acceptors (Lipinski definition) is 8. The van der Waals surface area contributed by atoms with E-state index in [9.17, 15) is 13.4 Å². The summed E-state index contributed by atoms with van der Waals surface area (Å²) in [7, 11) is -0.270. The van der Waals surface area contributed by atoms with E-state index in [-0.39, 0.29) is 18.2 Å². The minimum absolute atomic E-state index is 0.0660. The average molecular weight is 475 g/mol. The fraction of sp³-hybridized carbons (Fsp3) is 0.333. The van der Waals surface area contributed by atoms with Gasteiger partial charge in [-0.15, -0.1) is 0 Å². The molecule has 2 aliphatic rings. The summed E-state index contributed by atoms with van der Waals surface area (Å²) in [6.07, 6.45) is 1.77. The van der Waals surface area contributed by atoms with Crippen molar-refractivity contribution >= 4 is 50.0 Å². The normalized spacial score (nSPS) is 21.3. The first-order chi connectivity index (χ1) is 15.8. The van der Waals surface area contributed by atoms with E-state index in [0.29, 0.717) is 64.9 Å². The summed E-state index contributed by atoms with van der Waals surface area (Å²) in [5.74, 6) is 5.69. The van der Waals surface area contributed by atoms with Gasteiger partial charge in [-0.1, -0.05) is 0 Å². The van der Waals surface area contributed by atoms with E-state index >= 15 is 0 Å². The maximum absolute atomic E-state index is 14.1. The summed E-state index contributed by atoms with van der Waals surface area (Å²) in [6.45, 7) is 0.694. The molecule has 0 saturated carbocycles. The Balaban J connectivity index is 1.43. The average Bonchev–Trinajstić information content (AvgIpc) is 3.14. The van der Waals surface area contributed by atoms with Gasteiger partial charge in [-0.05, 0) is 21.3 Å². The van der Waals surface area contributed by atoms with Crippen molar-refractivity contribution in [1.82, 2.24) is 14.6 Å². The van der Waals surface area contributed by atoms with Crippen molar-refractivity contribution < 1.29 is 22.9 Å². The molecule has 33 heavy (non-hydrogen) atoms. The zero-order valence-corrected chi connectivity index (χ0v) is 18.7. The smallest absolute Gasteiger partial charge is 0.224 e. The Morgan fingerprint density at radius 2 is 2.06 bits per heavy atom. The molecule has 1 fully saturated rings. The van der Waals surface area contributed by atoms with Gasteiger partial charge >= 0.3 is 0 Å². The van der Waals surface area contributed by atoms with Crippen LogP contribution in [0.3, 0.4) is 0 Å². The Bertz CT molecular complexity index is 1340. The Morgan fingerprint density at radius 1 is 1.27 bits per heavy atom. The number of nitrogens with zero attached hydrogens (tertiary/aromatic N) is 3. The number of ether oxygens (including phenoxy) is 2. The second kappa shape index (κ2) is 8.10. The van der Waals surface area contributed by atoms with Gasteiger partial charge < -0.3 is 25.4 Å². The van der Waals surface area contributed by atoms with Crippen LogP contribution in [-0.4, -0.2) is 62.4 Å². The summed E-state index contributed by atoms with van der Waals surface area (Å²) >= 11 is 0. The van der Waals surface area contributed by atoms with E-state index in [1.54, 1.807) is 17.6 Å². The number of nitrogens with one attached hydrogen (secondary N) is 3.